The van der Waals surface area contributed by atoms with Gasteiger partial charge in [0.05, 0.1) is 6.61 Å². The molecule has 1 N–H and O–H groups in total. The van der Waals surface area contributed by atoms with E-state index in [-0.39, 0.29) is 0 Å². The predicted octanol–water partition coefficient (Wildman–Crippen LogP) is 2.34. The topological polar surface area (TPSA) is 21.3 Å². The van der Waals surface area contributed by atoms with Crippen molar-refractivity contribution < 1.29 is 4.74 Å². The van der Waals surface area contributed by atoms with Crippen molar-refractivity contribution in [1.82, 2.24) is 5.32 Å². The molecule has 0 bridgehead atoms. The molecule has 2 rings (SSSR count). The molecule has 1 saturated carbocycles. The van der Waals surface area contributed by atoms with Gasteiger partial charge in [-0.05, 0) is 37.5 Å². The van der Waals surface area contributed by atoms with Gasteiger partial charge in [0.2, 0.25) is 0 Å². The average Bonchev–Trinajstić information content (AvgIpc) is 2.98. The van der Waals surface area contributed by atoms with E-state index in [0.717, 1.165) is 13.2 Å². The molecule has 0 amide bonds. The standard InChI is InChI=1S/C12H23NO/c1-2-5-12(6-7-12)10-13-11-4-3-8-14-9-11/h11,13H,2-10H2,1H3. The highest BCUT2D eigenvalue weighted by Gasteiger charge is 2.41. The van der Waals surface area contributed by atoms with Crippen molar-refractivity contribution in [3.63, 3.8) is 0 Å². The highest BCUT2D eigenvalue weighted by Crippen LogP contribution is 2.49. The highest BCUT2D eigenvalue weighted by atomic mass is 16.5. The minimum atomic E-state index is 0.637. The molecule has 1 atom stereocenters. The lowest BCUT2D eigenvalue weighted by Crippen LogP contribution is -2.39. The summed E-state index contributed by atoms with van der Waals surface area (Å²) in [6.07, 6.45) is 8.18. The summed E-state index contributed by atoms with van der Waals surface area (Å²) >= 11 is 0. The van der Waals surface area contributed by atoms with E-state index in [4.69, 9.17) is 4.74 Å². The van der Waals surface area contributed by atoms with Crippen molar-refractivity contribution >= 4 is 0 Å². The van der Waals surface area contributed by atoms with Gasteiger partial charge < -0.3 is 10.1 Å². The Bertz CT molecular complexity index is 171. The molecular weight excluding hydrogens is 174 g/mol. The summed E-state index contributed by atoms with van der Waals surface area (Å²) in [6.45, 7) is 5.43. The molecule has 0 aromatic heterocycles. The number of rotatable bonds is 5. The number of ether oxygens (including phenoxy) is 1. The second-order valence-electron chi connectivity index (χ2n) is 5.04. The van der Waals surface area contributed by atoms with Crippen LogP contribution in [0.4, 0.5) is 0 Å². The predicted molar refractivity (Wildman–Crippen MR) is 58.4 cm³/mol. The van der Waals surface area contributed by atoms with Crippen LogP contribution in [0.15, 0.2) is 0 Å². The summed E-state index contributed by atoms with van der Waals surface area (Å²) in [4.78, 5) is 0. The van der Waals surface area contributed by atoms with Crippen LogP contribution in [0.3, 0.4) is 0 Å². The average molecular weight is 197 g/mol. The fraction of sp³-hybridized carbons (Fsp3) is 1.00. The van der Waals surface area contributed by atoms with Crippen molar-refractivity contribution in [2.45, 2.75) is 51.5 Å². The van der Waals surface area contributed by atoms with E-state index >= 15 is 0 Å². The Kier molecular flexibility index (Phi) is 3.45. The zero-order valence-electron chi connectivity index (χ0n) is 9.35. The first-order chi connectivity index (χ1) is 6.85. The Morgan fingerprint density at radius 3 is 2.86 bits per heavy atom. The molecule has 14 heavy (non-hydrogen) atoms. The summed E-state index contributed by atoms with van der Waals surface area (Å²) in [5, 5.41) is 3.68. The number of nitrogens with one attached hydrogen (secondary N) is 1. The van der Waals surface area contributed by atoms with Crippen molar-refractivity contribution in [3.05, 3.63) is 0 Å². The Balaban J connectivity index is 1.65. The van der Waals surface area contributed by atoms with E-state index < -0.39 is 0 Å². The molecule has 1 aliphatic carbocycles. The van der Waals surface area contributed by atoms with Crippen molar-refractivity contribution in [2.24, 2.45) is 5.41 Å². The molecule has 2 fully saturated rings. The minimum absolute atomic E-state index is 0.637. The second kappa shape index (κ2) is 4.63. The second-order valence-corrected chi connectivity index (χ2v) is 5.04. The molecule has 0 aromatic rings. The molecule has 2 heteroatoms. The van der Waals surface area contributed by atoms with Crippen LogP contribution in [0, 0.1) is 5.41 Å². The normalized spacial score (nSPS) is 30.2. The Hall–Kier alpha value is -0.0800. The van der Waals surface area contributed by atoms with Gasteiger partial charge in [-0.1, -0.05) is 13.3 Å². The third kappa shape index (κ3) is 2.71. The van der Waals surface area contributed by atoms with Crippen molar-refractivity contribution in [2.75, 3.05) is 19.8 Å². The van der Waals surface area contributed by atoms with E-state index in [1.54, 1.807) is 0 Å². The first-order valence-electron chi connectivity index (χ1n) is 6.16. The maximum atomic E-state index is 5.47. The first kappa shape index (κ1) is 10.4. The van der Waals surface area contributed by atoms with Gasteiger partial charge in [-0.3, -0.25) is 0 Å². The molecule has 2 aliphatic rings. The molecule has 0 aromatic carbocycles. The van der Waals surface area contributed by atoms with E-state index in [0.29, 0.717) is 11.5 Å². The summed E-state index contributed by atoms with van der Waals surface area (Å²) in [7, 11) is 0. The fourth-order valence-corrected chi connectivity index (χ4v) is 2.48. The quantitative estimate of drug-likeness (QED) is 0.730. The number of hydrogen-bond donors (Lipinski definition) is 1. The van der Waals surface area contributed by atoms with Crippen LogP contribution in [-0.4, -0.2) is 25.8 Å². The maximum absolute atomic E-state index is 5.47. The Morgan fingerprint density at radius 2 is 2.29 bits per heavy atom. The van der Waals surface area contributed by atoms with E-state index in [1.165, 1.54) is 45.1 Å². The molecule has 1 unspecified atom stereocenters. The third-order valence-corrected chi connectivity index (χ3v) is 3.66. The molecule has 1 aliphatic heterocycles. The van der Waals surface area contributed by atoms with Gasteiger partial charge in [-0.25, -0.2) is 0 Å². The summed E-state index contributed by atoms with van der Waals surface area (Å²) in [5.41, 5.74) is 0.687. The Morgan fingerprint density at radius 1 is 1.43 bits per heavy atom. The van der Waals surface area contributed by atoms with Crippen LogP contribution in [0.5, 0.6) is 0 Å². The van der Waals surface area contributed by atoms with Crippen LogP contribution >= 0.6 is 0 Å². The van der Waals surface area contributed by atoms with Crippen LogP contribution in [0.25, 0.3) is 0 Å². The molecular formula is C12H23NO. The molecule has 2 nitrogen and oxygen atoms in total. The number of hydrogen-bond acceptors (Lipinski definition) is 2. The van der Waals surface area contributed by atoms with E-state index in [1.807, 2.05) is 0 Å². The SMILES string of the molecule is CCCC1(CNC2CCCOC2)CC1. The summed E-state index contributed by atoms with van der Waals surface area (Å²) < 4.78 is 5.47. The largest absolute Gasteiger partial charge is 0.380 e. The Labute approximate surface area is 87.4 Å². The van der Waals surface area contributed by atoms with Crippen LogP contribution in [0.2, 0.25) is 0 Å². The molecule has 82 valence electrons. The third-order valence-electron chi connectivity index (χ3n) is 3.66. The zero-order valence-corrected chi connectivity index (χ0v) is 9.35. The zero-order chi connectivity index (χ0) is 9.86. The fourth-order valence-electron chi connectivity index (χ4n) is 2.48. The van der Waals surface area contributed by atoms with Gasteiger partial charge in [0.15, 0.2) is 0 Å². The van der Waals surface area contributed by atoms with Gasteiger partial charge in [0.25, 0.3) is 0 Å². The summed E-state index contributed by atoms with van der Waals surface area (Å²) in [6, 6.07) is 0.637. The maximum Gasteiger partial charge on any atom is 0.0619 e. The van der Waals surface area contributed by atoms with Crippen LogP contribution in [0.1, 0.15) is 45.4 Å². The molecule has 0 radical (unpaired) electrons. The van der Waals surface area contributed by atoms with Crippen LogP contribution in [-0.2, 0) is 4.74 Å². The van der Waals surface area contributed by atoms with Crippen LogP contribution < -0.4 is 5.32 Å². The minimum Gasteiger partial charge on any atom is -0.380 e. The lowest BCUT2D eigenvalue weighted by atomic mass is 10.00. The molecule has 1 heterocycles. The van der Waals surface area contributed by atoms with E-state index in [9.17, 15) is 0 Å². The monoisotopic (exact) mass is 197 g/mol. The smallest absolute Gasteiger partial charge is 0.0619 e. The van der Waals surface area contributed by atoms with Gasteiger partial charge in [-0.15, -0.1) is 0 Å². The van der Waals surface area contributed by atoms with Gasteiger partial charge in [-0.2, -0.15) is 0 Å². The molecule has 1 saturated heterocycles. The first-order valence-corrected chi connectivity index (χ1v) is 6.16. The van der Waals surface area contributed by atoms with Crippen molar-refractivity contribution in [1.29, 1.82) is 0 Å². The summed E-state index contributed by atoms with van der Waals surface area (Å²) in [5.74, 6) is 0. The lowest BCUT2D eigenvalue weighted by Gasteiger charge is -2.25. The highest BCUT2D eigenvalue weighted by molar-refractivity contribution is 4.95. The van der Waals surface area contributed by atoms with Gasteiger partial charge in [0, 0.05) is 19.2 Å². The van der Waals surface area contributed by atoms with E-state index in [2.05, 4.69) is 12.2 Å². The molecule has 0 spiro atoms. The van der Waals surface area contributed by atoms with Crippen molar-refractivity contribution in [3.8, 4) is 0 Å². The van der Waals surface area contributed by atoms with Gasteiger partial charge in [0.1, 0.15) is 0 Å². The van der Waals surface area contributed by atoms with Gasteiger partial charge >= 0.3 is 0 Å². The lowest BCUT2D eigenvalue weighted by molar-refractivity contribution is 0.0684.